The van der Waals surface area contributed by atoms with Gasteiger partial charge in [-0.3, -0.25) is 0 Å². The highest BCUT2D eigenvalue weighted by atomic mass is 16.7. The standard InChI is InChI=1S/C9H18O3.C7H16N2/c1-2-3-4-5-6-7-8-12-9(10)11;1-6-5-8(3)7(2)9(6)4/h2-8H2,1H3,(H,10,11);6-7H,5H2,1-4H3. The van der Waals surface area contributed by atoms with Crippen LogP contribution < -0.4 is 10.0 Å². The van der Waals surface area contributed by atoms with Crippen molar-refractivity contribution in [2.45, 2.75) is 71.5 Å². The zero-order chi connectivity index (χ0) is 16.3. The van der Waals surface area contributed by atoms with Crippen LogP contribution in [0.2, 0.25) is 0 Å². The van der Waals surface area contributed by atoms with Gasteiger partial charge in [-0.2, -0.15) is 0 Å². The van der Waals surface area contributed by atoms with Crippen LogP contribution in [0.25, 0.3) is 0 Å². The number of carboxylic acid groups (broad SMARTS) is 1. The van der Waals surface area contributed by atoms with Crippen LogP contribution in [0.1, 0.15) is 59.3 Å². The van der Waals surface area contributed by atoms with Gasteiger partial charge in [0, 0.05) is 13.5 Å². The second-order valence-corrected chi connectivity index (χ2v) is 6.11. The molecule has 126 valence electrons. The average Bonchev–Trinajstić information content (AvgIpc) is 2.65. The second-order valence-electron chi connectivity index (χ2n) is 6.11. The number of hydrogen-bond donors (Lipinski definition) is 1. The van der Waals surface area contributed by atoms with Crippen LogP contribution in [-0.2, 0) is 4.74 Å². The molecule has 0 aliphatic carbocycles. The molecule has 3 atom stereocenters. The molecule has 0 amide bonds. The maximum Gasteiger partial charge on any atom is 0.251 e. The quantitative estimate of drug-likeness (QED) is 0.560. The Morgan fingerprint density at radius 3 is 2.19 bits per heavy atom. The Hall–Kier alpha value is -0.810. The van der Waals surface area contributed by atoms with E-state index in [-0.39, 0.29) is 6.61 Å². The molecule has 5 heteroatoms. The fourth-order valence-corrected chi connectivity index (χ4v) is 2.55. The summed E-state index contributed by atoms with van der Waals surface area (Å²) in [6.45, 7) is 8.30. The van der Waals surface area contributed by atoms with Gasteiger partial charge in [-0.1, -0.05) is 39.0 Å². The van der Waals surface area contributed by atoms with Gasteiger partial charge in [0.1, 0.15) is 6.17 Å². The molecule has 0 saturated carbocycles. The third kappa shape index (κ3) is 9.69. The summed E-state index contributed by atoms with van der Waals surface area (Å²) in [5.74, 6) is 0. The lowest BCUT2D eigenvalue weighted by molar-refractivity contribution is -0.896. The van der Waals surface area contributed by atoms with Crippen LogP contribution in [0.3, 0.4) is 0 Å². The SMILES string of the molecule is CC1C[NH+](C)C(C)N1C.CCCCCCCCOC(=O)[O-]. The van der Waals surface area contributed by atoms with Crippen molar-refractivity contribution in [2.75, 3.05) is 27.2 Å². The minimum absolute atomic E-state index is 0.286. The van der Waals surface area contributed by atoms with Gasteiger partial charge in [0.2, 0.25) is 0 Å². The Kier molecular flexibility index (Phi) is 11.4. The predicted octanol–water partition coefficient (Wildman–Crippen LogP) is 0.888. The van der Waals surface area contributed by atoms with E-state index in [4.69, 9.17) is 0 Å². The molecular formula is C16H34N2O3. The lowest BCUT2D eigenvalue weighted by Gasteiger charge is -2.17. The molecule has 0 bridgehead atoms. The number of nitrogens with zero attached hydrogens (tertiary/aromatic N) is 1. The van der Waals surface area contributed by atoms with Gasteiger partial charge in [-0.25, -0.2) is 4.90 Å². The smallest absolute Gasteiger partial charge is 0.251 e. The van der Waals surface area contributed by atoms with E-state index in [0.717, 1.165) is 18.9 Å². The van der Waals surface area contributed by atoms with Gasteiger partial charge < -0.3 is 19.5 Å². The van der Waals surface area contributed by atoms with Crippen molar-refractivity contribution < 1.29 is 19.5 Å². The Morgan fingerprint density at radius 1 is 1.24 bits per heavy atom. The van der Waals surface area contributed by atoms with Crippen LogP contribution in [0.15, 0.2) is 0 Å². The van der Waals surface area contributed by atoms with E-state index < -0.39 is 6.16 Å². The zero-order valence-corrected chi connectivity index (χ0v) is 14.5. The average molecular weight is 302 g/mol. The van der Waals surface area contributed by atoms with Crippen molar-refractivity contribution in [2.24, 2.45) is 0 Å². The highest BCUT2D eigenvalue weighted by Crippen LogP contribution is 2.04. The van der Waals surface area contributed by atoms with Gasteiger partial charge in [0.25, 0.3) is 6.16 Å². The fourth-order valence-electron chi connectivity index (χ4n) is 2.55. The molecule has 1 rings (SSSR count). The Morgan fingerprint density at radius 2 is 1.81 bits per heavy atom. The van der Waals surface area contributed by atoms with Crippen molar-refractivity contribution in [1.29, 1.82) is 0 Å². The number of quaternary nitrogens is 1. The van der Waals surface area contributed by atoms with E-state index in [0.29, 0.717) is 6.17 Å². The van der Waals surface area contributed by atoms with Crippen molar-refractivity contribution in [1.82, 2.24) is 4.90 Å². The largest absolute Gasteiger partial charge is 0.550 e. The van der Waals surface area contributed by atoms with E-state index in [1.54, 1.807) is 4.90 Å². The van der Waals surface area contributed by atoms with Crippen LogP contribution in [0.4, 0.5) is 4.79 Å². The number of carbonyl (C=O) groups excluding carboxylic acids is 1. The minimum Gasteiger partial charge on any atom is -0.550 e. The molecule has 1 fully saturated rings. The lowest BCUT2D eigenvalue weighted by atomic mass is 10.1. The van der Waals surface area contributed by atoms with Gasteiger partial charge in [-0.15, -0.1) is 0 Å². The Labute approximate surface area is 130 Å². The van der Waals surface area contributed by atoms with Crippen LogP contribution in [0, 0.1) is 0 Å². The molecule has 1 saturated heterocycles. The van der Waals surface area contributed by atoms with Crippen LogP contribution in [0.5, 0.6) is 0 Å². The lowest BCUT2D eigenvalue weighted by Crippen LogP contribution is -3.11. The molecule has 0 aromatic carbocycles. The number of carbonyl (C=O) groups is 1. The van der Waals surface area contributed by atoms with Gasteiger partial charge >= 0.3 is 0 Å². The topological polar surface area (TPSA) is 57.0 Å². The summed E-state index contributed by atoms with van der Waals surface area (Å²) in [5, 5.41) is 9.80. The number of nitrogens with one attached hydrogen (secondary N) is 1. The van der Waals surface area contributed by atoms with Crippen LogP contribution >= 0.6 is 0 Å². The Balaban J connectivity index is 0.000000394. The van der Waals surface area contributed by atoms with Crippen molar-refractivity contribution in [3.8, 4) is 0 Å². The summed E-state index contributed by atoms with van der Waals surface area (Å²) in [4.78, 5) is 13.9. The molecule has 21 heavy (non-hydrogen) atoms. The van der Waals surface area contributed by atoms with Gasteiger partial charge in [0.15, 0.2) is 0 Å². The summed E-state index contributed by atoms with van der Waals surface area (Å²) < 4.78 is 4.25. The molecular weight excluding hydrogens is 268 g/mol. The second kappa shape index (κ2) is 11.8. The molecule has 0 radical (unpaired) electrons. The van der Waals surface area contributed by atoms with E-state index in [1.807, 2.05) is 0 Å². The molecule has 5 nitrogen and oxygen atoms in total. The zero-order valence-electron chi connectivity index (χ0n) is 14.5. The molecule has 1 N–H and O–H groups in total. The number of likely N-dealkylation sites (N-methyl/N-ethyl adjacent to an activating group) is 2. The summed E-state index contributed by atoms with van der Waals surface area (Å²) in [6.07, 6.45) is 6.07. The number of hydrogen-bond acceptors (Lipinski definition) is 4. The first-order valence-electron chi connectivity index (χ1n) is 8.28. The predicted molar refractivity (Wildman–Crippen MR) is 83.2 cm³/mol. The molecule has 1 heterocycles. The summed E-state index contributed by atoms with van der Waals surface area (Å²) in [5.41, 5.74) is 0. The van der Waals surface area contributed by atoms with Crippen molar-refractivity contribution in [3.63, 3.8) is 0 Å². The fraction of sp³-hybridized carbons (Fsp3) is 0.938. The third-order valence-corrected chi connectivity index (χ3v) is 4.35. The van der Waals surface area contributed by atoms with E-state index in [9.17, 15) is 9.90 Å². The van der Waals surface area contributed by atoms with Crippen molar-refractivity contribution >= 4 is 6.16 Å². The van der Waals surface area contributed by atoms with E-state index >= 15 is 0 Å². The molecule has 1 aliphatic heterocycles. The molecule has 1 aliphatic rings. The maximum atomic E-state index is 9.80. The van der Waals surface area contributed by atoms with Crippen molar-refractivity contribution in [3.05, 3.63) is 0 Å². The Bertz CT molecular complexity index is 262. The van der Waals surface area contributed by atoms with Gasteiger partial charge in [-0.05, 0) is 20.4 Å². The van der Waals surface area contributed by atoms with E-state index in [2.05, 4.69) is 44.5 Å². The molecule has 0 aromatic heterocycles. The first-order chi connectivity index (χ1) is 9.90. The monoisotopic (exact) mass is 302 g/mol. The van der Waals surface area contributed by atoms with E-state index in [1.165, 1.54) is 32.2 Å². The maximum absolute atomic E-state index is 9.80. The molecule has 3 unspecified atom stereocenters. The number of unbranched alkanes of at least 4 members (excludes halogenated alkanes) is 5. The van der Waals surface area contributed by atoms with Crippen LogP contribution in [-0.4, -0.2) is 50.5 Å². The normalized spacial score (nSPS) is 25.3. The molecule has 0 spiro atoms. The first kappa shape index (κ1) is 20.2. The number of rotatable bonds is 7. The molecule has 0 aromatic rings. The highest BCUT2D eigenvalue weighted by molar-refractivity contribution is 5.53. The first-order valence-corrected chi connectivity index (χ1v) is 8.28. The summed E-state index contributed by atoms with van der Waals surface area (Å²) >= 11 is 0. The third-order valence-electron chi connectivity index (χ3n) is 4.35. The summed E-state index contributed by atoms with van der Waals surface area (Å²) in [7, 11) is 4.45. The van der Waals surface area contributed by atoms with Gasteiger partial charge in [0.05, 0.1) is 19.6 Å². The minimum atomic E-state index is -1.41. The summed E-state index contributed by atoms with van der Waals surface area (Å²) in [6, 6.07) is 0.764. The number of ether oxygens (including phenoxy) is 1. The highest BCUT2D eigenvalue weighted by Gasteiger charge is 2.31.